The first-order chi connectivity index (χ1) is 8.38. The van der Waals surface area contributed by atoms with E-state index in [-0.39, 0.29) is 6.42 Å². The molecule has 1 rings (SSSR count). The Bertz CT molecular complexity index is 493. The molecule has 1 N–H and O–H groups in total. The van der Waals surface area contributed by atoms with Gasteiger partial charge in [-0.3, -0.25) is 9.59 Å². The van der Waals surface area contributed by atoms with Crippen molar-refractivity contribution in [1.29, 1.82) is 0 Å². The summed E-state index contributed by atoms with van der Waals surface area (Å²) < 4.78 is 38.8. The molecule has 18 heavy (non-hydrogen) atoms. The minimum Gasteiger partial charge on any atom is -0.341 e. The number of benzene rings is 1. The minimum atomic E-state index is -1.74. The topological polar surface area (TPSA) is 46.2 Å². The Kier molecular flexibility index (Phi) is 4.72. The van der Waals surface area contributed by atoms with E-state index in [1.54, 1.807) is 6.92 Å². The van der Waals surface area contributed by atoms with Gasteiger partial charge in [-0.15, -0.1) is 0 Å². The van der Waals surface area contributed by atoms with Crippen LogP contribution in [0.15, 0.2) is 12.1 Å². The number of hydrogen-bond donors (Lipinski definition) is 1. The van der Waals surface area contributed by atoms with Gasteiger partial charge < -0.3 is 5.32 Å². The summed E-state index contributed by atoms with van der Waals surface area (Å²) in [5, 5.41) is 1.30. The molecule has 0 aliphatic rings. The Hall–Kier alpha value is -1.56. The van der Waals surface area contributed by atoms with Crippen LogP contribution in [-0.2, 0) is 4.79 Å². The van der Waals surface area contributed by atoms with Crippen LogP contribution in [0.1, 0.15) is 23.7 Å². The summed E-state index contributed by atoms with van der Waals surface area (Å²) in [4.78, 5) is 22.4. The first kappa shape index (κ1) is 14.5. The molecule has 1 amide bonds. The summed E-state index contributed by atoms with van der Waals surface area (Å²) in [6, 6.07) is 0.400. The lowest BCUT2D eigenvalue weighted by Gasteiger charge is -2.12. The van der Waals surface area contributed by atoms with Gasteiger partial charge in [-0.2, -0.15) is 0 Å². The normalized spacial score (nSPS) is 12.1. The van der Waals surface area contributed by atoms with Crippen LogP contribution in [0.2, 0.25) is 0 Å². The van der Waals surface area contributed by atoms with Crippen LogP contribution in [0.5, 0.6) is 0 Å². The standard InChI is InChI=1S/C11H9ClF3NO2/c1-2-7(10(12)17)16-11(18)5-3-4-6(13)9(15)8(5)14/h3-4,7H,2H2,1H3,(H,16,18). The second-order valence-corrected chi connectivity index (χ2v) is 3.83. The average Bonchev–Trinajstić information content (AvgIpc) is 2.32. The zero-order valence-corrected chi connectivity index (χ0v) is 10.0. The Morgan fingerprint density at radius 2 is 1.89 bits per heavy atom. The van der Waals surface area contributed by atoms with Gasteiger partial charge in [0.05, 0.1) is 5.56 Å². The molecule has 0 fully saturated rings. The third kappa shape index (κ3) is 3.01. The summed E-state index contributed by atoms with van der Waals surface area (Å²) in [5.41, 5.74) is -0.690. The highest BCUT2D eigenvalue weighted by Crippen LogP contribution is 2.15. The summed E-state index contributed by atoms with van der Waals surface area (Å²) in [6.45, 7) is 1.58. The smallest absolute Gasteiger partial charge is 0.254 e. The van der Waals surface area contributed by atoms with Crippen LogP contribution in [0, 0.1) is 17.5 Å². The summed E-state index contributed by atoms with van der Waals surface area (Å²) in [7, 11) is 0. The predicted octanol–water partition coefficient (Wildman–Crippen LogP) is 2.38. The molecule has 0 saturated carbocycles. The number of amides is 1. The Labute approximate surface area is 106 Å². The molecule has 0 aromatic heterocycles. The highest BCUT2D eigenvalue weighted by atomic mass is 35.5. The molecule has 0 radical (unpaired) electrons. The van der Waals surface area contributed by atoms with Crippen molar-refractivity contribution in [3.63, 3.8) is 0 Å². The van der Waals surface area contributed by atoms with Gasteiger partial charge in [0.1, 0.15) is 6.04 Å². The molecular formula is C11H9ClF3NO2. The maximum atomic E-state index is 13.3. The quantitative estimate of drug-likeness (QED) is 0.679. The summed E-state index contributed by atoms with van der Waals surface area (Å²) in [6.07, 6.45) is 0.194. The molecule has 1 aromatic rings. The van der Waals surface area contributed by atoms with E-state index in [9.17, 15) is 22.8 Å². The van der Waals surface area contributed by atoms with E-state index in [4.69, 9.17) is 11.6 Å². The average molecular weight is 280 g/mol. The fourth-order valence-electron chi connectivity index (χ4n) is 1.26. The van der Waals surface area contributed by atoms with Crippen molar-refractivity contribution in [3.05, 3.63) is 35.1 Å². The number of carbonyl (C=O) groups is 2. The Morgan fingerprint density at radius 3 is 2.39 bits per heavy atom. The number of nitrogens with one attached hydrogen (secondary N) is 1. The SMILES string of the molecule is CCC(NC(=O)c1ccc(F)c(F)c1F)C(=O)Cl. The maximum Gasteiger partial charge on any atom is 0.254 e. The van der Waals surface area contributed by atoms with E-state index in [0.29, 0.717) is 6.07 Å². The van der Waals surface area contributed by atoms with E-state index in [2.05, 4.69) is 5.32 Å². The van der Waals surface area contributed by atoms with Crippen molar-refractivity contribution < 1.29 is 22.8 Å². The molecule has 0 saturated heterocycles. The Balaban J connectivity index is 2.98. The molecule has 0 spiro atoms. The van der Waals surface area contributed by atoms with E-state index < -0.39 is 40.2 Å². The molecular weight excluding hydrogens is 271 g/mol. The first-order valence-electron chi connectivity index (χ1n) is 5.02. The summed E-state index contributed by atoms with van der Waals surface area (Å²) in [5.74, 6) is -5.78. The van der Waals surface area contributed by atoms with E-state index in [0.717, 1.165) is 6.07 Å². The van der Waals surface area contributed by atoms with Crippen molar-refractivity contribution in [2.24, 2.45) is 0 Å². The highest BCUT2D eigenvalue weighted by molar-refractivity contribution is 6.64. The fourth-order valence-corrected chi connectivity index (χ4v) is 1.47. The van der Waals surface area contributed by atoms with E-state index in [1.165, 1.54) is 0 Å². The van der Waals surface area contributed by atoms with Gasteiger partial charge in [0, 0.05) is 0 Å². The van der Waals surface area contributed by atoms with Crippen LogP contribution < -0.4 is 5.32 Å². The molecule has 0 aliphatic carbocycles. The van der Waals surface area contributed by atoms with Crippen molar-refractivity contribution in [2.45, 2.75) is 19.4 Å². The van der Waals surface area contributed by atoms with Crippen LogP contribution in [0.3, 0.4) is 0 Å². The number of hydrogen-bond acceptors (Lipinski definition) is 2. The monoisotopic (exact) mass is 279 g/mol. The lowest BCUT2D eigenvalue weighted by atomic mass is 10.1. The second kappa shape index (κ2) is 5.86. The zero-order valence-electron chi connectivity index (χ0n) is 9.27. The third-order valence-electron chi connectivity index (χ3n) is 2.27. The van der Waals surface area contributed by atoms with Gasteiger partial charge in [0.2, 0.25) is 5.24 Å². The lowest BCUT2D eigenvalue weighted by Crippen LogP contribution is -2.38. The van der Waals surface area contributed by atoms with E-state index >= 15 is 0 Å². The molecule has 1 atom stereocenters. The maximum absolute atomic E-state index is 13.3. The Morgan fingerprint density at radius 1 is 1.28 bits per heavy atom. The van der Waals surface area contributed by atoms with Crippen molar-refractivity contribution in [1.82, 2.24) is 5.32 Å². The van der Waals surface area contributed by atoms with Gasteiger partial charge in [-0.05, 0) is 30.2 Å². The van der Waals surface area contributed by atoms with Gasteiger partial charge in [0.25, 0.3) is 5.91 Å². The fraction of sp³-hybridized carbons (Fsp3) is 0.273. The molecule has 3 nitrogen and oxygen atoms in total. The number of carbonyl (C=O) groups excluding carboxylic acids is 2. The van der Waals surface area contributed by atoms with Gasteiger partial charge >= 0.3 is 0 Å². The van der Waals surface area contributed by atoms with Gasteiger partial charge in [-0.1, -0.05) is 6.92 Å². The molecule has 1 aromatic carbocycles. The van der Waals surface area contributed by atoms with Crippen molar-refractivity contribution in [2.75, 3.05) is 0 Å². The lowest BCUT2D eigenvalue weighted by molar-refractivity contribution is -0.113. The molecule has 1 unspecified atom stereocenters. The third-order valence-corrected chi connectivity index (χ3v) is 2.53. The zero-order chi connectivity index (χ0) is 13.9. The molecule has 0 aliphatic heterocycles. The molecule has 0 bridgehead atoms. The van der Waals surface area contributed by atoms with Crippen LogP contribution in [-0.4, -0.2) is 17.2 Å². The van der Waals surface area contributed by atoms with Crippen LogP contribution in [0.4, 0.5) is 13.2 Å². The van der Waals surface area contributed by atoms with Crippen LogP contribution in [0.25, 0.3) is 0 Å². The molecule has 98 valence electrons. The minimum absolute atomic E-state index is 0.194. The van der Waals surface area contributed by atoms with Gasteiger partial charge in [-0.25, -0.2) is 13.2 Å². The number of halogens is 4. The van der Waals surface area contributed by atoms with E-state index in [1.807, 2.05) is 0 Å². The highest BCUT2D eigenvalue weighted by Gasteiger charge is 2.22. The summed E-state index contributed by atoms with van der Waals surface area (Å²) >= 11 is 5.19. The molecule has 7 heteroatoms. The largest absolute Gasteiger partial charge is 0.341 e. The van der Waals surface area contributed by atoms with Gasteiger partial charge in [0.15, 0.2) is 17.5 Å². The van der Waals surface area contributed by atoms with Crippen LogP contribution >= 0.6 is 11.6 Å². The second-order valence-electron chi connectivity index (χ2n) is 3.46. The van der Waals surface area contributed by atoms with Crippen molar-refractivity contribution >= 4 is 22.8 Å². The predicted molar refractivity (Wildman–Crippen MR) is 58.7 cm³/mol. The number of rotatable bonds is 4. The van der Waals surface area contributed by atoms with Crippen molar-refractivity contribution in [3.8, 4) is 0 Å². The molecule has 0 heterocycles. The first-order valence-corrected chi connectivity index (χ1v) is 5.40.